The summed E-state index contributed by atoms with van der Waals surface area (Å²) in [6.07, 6.45) is 0. The molecule has 0 spiro atoms. The zero-order chi connectivity index (χ0) is 4.71. The van der Waals surface area contributed by atoms with Crippen molar-refractivity contribution >= 4 is 12.4 Å². The van der Waals surface area contributed by atoms with E-state index in [0.29, 0.717) is 0 Å². The van der Waals surface area contributed by atoms with Crippen molar-refractivity contribution in [3.8, 4) is 0 Å². The first-order valence-corrected chi connectivity index (χ1v) is 0.565. The standard InChI is InChI=1S/2ClH.N2.HNO2.H3N.2Na/c;;1-2;2-1-3;;;/h2*1H;;(H,2,3);1H3;;/q;;;;;2*+1/p-2. The molecule has 3 N–H and O–H groups in total. The van der Waals surface area contributed by atoms with Crippen LogP contribution in [-0.4, -0.2) is 0 Å². The molecule has 0 bridgehead atoms. The second-order valence-corrected chi connectivity index (χ2v) is 0.0745. The first-order chi connectivity index (χ1) is 2.41. The number of halogens is 2. The average molecular weight is 209 g/mol. The molecule has 0 aromatic rings. The van der Waals surface area contributed by atoms with Crippen LogP contribution in [0.5, 0.6) is 0 Å². The monoisotopic (exact) mass is 208 g/mol. The quantitative estimate of drug-likeness (QED) is 0.183. The first kappa shape index (κ1) is 64.1. The molecule has 0 aromatic carbocycles. The van der Waals surface area contributed by atoms with E-state index in [0.717, 1.165) is 5.34 Å². The Bertz CT molecular complexity index is 43.5. The molecule has 0 atom stereocenters. The van der Waals surface area contributed by atoms with Gasteiger partial charge in [0.15, 0.2) is 0 Å². The molecule has 0 amide bonds. The predicted molar refractivity (Wildman–Crippen MR) is 24.9 cm³/mol. The molecule has 0 rings (SSSR count). The van der Waals surface area contributed by atoms with Crippen LogP contribution in [0, 0.1) is 20.9 Å². The third-order valence-corrected chi connectivity index (χ3v) is 0. The van der Waals surface area contributed by atoms with Crippen molar-refractivity contribution < 1.29 is 71.5 Å². The van der Waals surface area contributed by atoms with Crippen molar-refractivity contribution in [2.24, 2.45) is 5.34 Å². The molecule has 0 radical (unpaired) electrons. The van der Waals surface area contributed by atoms with Crippen molar-refractivity contribution in [3.63, 3.8) is 0 Å². The van der Waals surface area contributed by atoms with E-state index >= 15 is 0 Å². The minimum Gasteiger partial charge on any atom is -1.00 e. The number of hydrogen-bond acceptors (Lipinski definition) is 6. The normalized spacial score (nSPS) is 1.40. The van der Waals surface area contributed by atoms with E-state index in [4.69, 9.17) is 20.9 Å². The van der Waals surface area contributed by atoms with Gasteiger partial charge in [-0.1, -0.05) is 0 Å². The van der Waals surface area contributed by atoms with Crippen LogP contribution in [0.15, 0.2) is 5.34 Å². The summed E-state index contributed by atoms with van der Waals surface area (Å²) in [6, 6.07) is 0. The maximum absolute atomic E-state index is 8.00. The molecule has 10 heavy (non-hydrogen) atoms. The van der Waals surface area contributed by atoms with Crippen LogP contribution in [-0.2, 0) is 0 Å². The summed E-state index contributed by atoms with van der Waals surface area (Å²) in [5, 5.41) is 21.0. The zero-order valence-electron chi connectivity index (χ0n) is 5.65. The van der Waals surface area contributed by atoms with E-state index < -0.39 is 0 Å². The van der Waals surface area contributed by atoms with Gasteiger partial charge in [-0.15, -0.1) is 17.7 Å². The minimum absolute atomic E-state index is 0. The van der Waals surface area contributed by atoms with Gasteiger partial charge < -0.3 is 28.7 Å². The van der Waals surface area contributed by atoms with Crippen molar-refractivity contribution in [2.75, 3.05) is 0 Å². The van der Waals surface area contributed by atoms with Gasteiger partial charge in [0.1, 0.15) is 0 Å². The Hall–Kier alpha value is 1.36. The Morgan fingerprint density at radius 1 is 1.20 bits per heavy atom. The predicted octanol–water partition coefficient (Wildman–Crippen LogP) is -8.12. The summed E-state index contributed by atoms with van der Waals surface area (Å²) in [5.41, 5.74) is 0. The van der Waals surface area contributed by atoms with Gasteiger partial charge in [-0.25, -0.2) is 0 Å². The van der Waals surface area contributed by atoms with Gasteiger partial charge >= 0.3 is 59.1 Å². The summed E-state index contributed by atoms with van der Waals surface area (Å²) in [4.78, 5) is 8.00. The summed E-state index contributed by atoms with van der Waals surface area (Å²) in [7, 11) is 0. The van der Waals surface area contributed by atoms with Crippen LogP contribution < -0.4 is 77.7 Å². The molecule has 6 nitrogen and oxygen atoms in total. The van der Waals surface area contributed by atoms with Crippen LogP contribution in [0.4, 0.5) is 0 Å². The van der Waals surface area contributed by atoms with Crippen LogP contribution in [0.1, 0.15) is 0 Å². The van der Waals surface area contributed by atoms with E-state index in [9.17, 15) is 0 Å². The third kappa shape index (κ3) is 354. The molecule has 0 saturated heterocycles. The zero-order valence-corrected chi connectivity index (χ0v) is 11.2. The molecule has 0 saturated carbocycles. The summed E-state index contributed by atoms with van der Waals surface area (Å²) in [5.74, 6) is 0. The van der Waals surface area contributed by atoms with Gasteiger partial charge in [0.2, 0.25) is 0 Å². The summed E-state index contributed by atoms with van der Waals surface area (Å²) < 4.78 is 0. The van der Waals surface area contributed by atoms with Gasteiger partial charge in [0.25, 0.3) is 0 Å². The Morgan fingerprint density at radius 3 is 1.20 bits per heavy atom. The second kappa shape index (κ2) is 163. The van der Waals surface area contributed by atoms with Crippen molar-refractivity contribution in [3.05, 3.63) is 10.1 Å². The molecule has 0 unspecified atom stereocenters. The van der Waals surface area contributed by atoms with E-state index in [1.54, 1.807) is 0 Å². The third-order valence-electron chi connectivity index (χ3n) is 0. The molecule has 0 aromatic heterocycles. The fourth-order valence-corrected chi connectivity index (χ4v) is 0. The maximum atomic E-state index is 8.00. The van der Waals surface area contributed by atoms with Gasteiger partial charge in [-0.05, 0) is 0 Å². The Labute approximate surface area is 115 Å². The molecule has 0 aliphatic heterocycles. The smallest absolute Gasteiger partial charge is 1.00 e. The molecule has 0 aliphatic rings. The van der Waals surface area contributed by atoms with Gasteiger partial charge in [0, 0.05) is 10.8 Å². The fraction of sp³-hybridized carbons (Fsp3) is 0. The summed E-state index contributed by atoms with van der Waals surface area (Å²) >= 11 is 0. The second-order valence-electron chi connectivity index (χ2n) is 0.0745. The molecule has 0 aliphatic carbocycles. The first-order valence-electron chi connectivity index (χ1n) is 0.565. The molecule has 10 heteroatoms. The molecule has 0 heterocycles. The van der Waals surface area contributed by atoms with Crippen LogP contribution in [0.3, 0.4) is 0 Å². The van der Waals surface area contributed by atoms with E-state index in [-0.39, 0.29) is 90.1 Å². The van der Waals surface area contributed by atoms with Gasteiger partial charge in [0.05, 0.1) is 0 Å². The summed E-state index contributed by atoms with van der Waals surface area (Å²) in [6.45, 7) is 0. The van der Waals surface area contributed by atoms with E-state index in [1.807, 2.05) is 0 Å². The van der Waals surface area contributed by atoms with Crippen LogP contribution in [0.2, 0.25) is 0 Å². The Balaban J connectivity index is -0.00000000246. The number of hydrogen-bond donors (Lipinski definition) is 1. The topological polar surface area (TPSA) is 135 Å². The van der Waals surface area contributed by atoms with Gasteiger partial charge in [-0.2, -0.15) is 0 Å². The van der Waals surface area contributed by atoms with Crippen LogP contribution in [0.25, 0.3) is 0 Å². The molecular formula is H4Cl2N4Na2O2. The van der Waals surface area contributed by atoms with E-state index in [1.165, 1.54) is 0 Å². The van der Waals surface area contributed by atoms with Crippen LogP contribution >= 0.6 is 12.4 Å². The Morgan fingerprint density at radius 2 is 1.20 bits per heavy atom. The molecule has 52 valence electrons. The van der Waals surface area contributed by atoms with Crippen molar-refractivity contribution in [1.82, 2.24) is 6.15 Å². The maximum Gasteiger partial charge on any atom is 1.00 e. The average Bonchev–Trinajstić information content (AvgIpc) is 1.46. The van der Waals surface area contributed by atoms with Crippen molar-refractivity contribution in [2.45, 2.75) is 0 Å². The van der Waals surface area contributed by atoms with Gasteiger partial charge in [-0.3, -0.25) is 0 Å². The largest absolute Gasteiger partial charge is 1.00 e. The molecular weight excluding hydrogens is 205 g/mol. The number of nitrogens with zero attached hydrogens (tertiary/aromatic N) is 3. The fourth-order valence-electron chi connectivity index (χ4n) is 0. The SMILES string of the molecule is Cl.N.N#N.O=N[O-].[Cl-].[Na+].[Na+]. The Kier molecular flexibility index (Phi) is 1050. The number of rotatable bonds is 0. The van der Waals surface area contributed by atoms with Crippen molar-refractivity contribution in [1.29, 1.82) is 10.8 Å². The molecule has 0 fully saturated rings. The minimum atomic E-state index is 0. The van der Waals surface area contributed by atoms with E-state index in [2.05, 4.69) is 0 Å².